The number of carbonyl (C=O) groups is 1. The van der Waals surface area contributed by atoms with Gasteiger partial charge in [0.15, 0.2) is 5.96 Å². The van der Waals surface area contributed by atoms with Gasteiger partial charge in [0.25, 0.3) is 0 Å². The van der Waals surface area contributed by atoms with E-state index in [2.05, 4.69) is 64.3 Å². The van der Waals surface area contributed by atoms with Gasteiger partial charge < -0.3 is 15.1 Å². The Hall–Kier alpha value is -2.08. The topological polar surface area (TPSA) is 51.2 Å². The molecule has 2 unspecified atom stereocenters. The van der Waals surface area contributed by atoms with Crippen LogP contribution in [0, 0.1) is 0 Å². The van der Waals surface area contributed by atoms with Crippen molar-refractivity contribution in [3.63, 3.8) is 0 Å². The summed E-state index contributed by atoms with van der Waals surface area (Å²) in [5.41, 5.74) is 1.34. The molecule has 2 atom stereocenters. The summed E-state index contributed by atoms with van der Waals surface area (Å²) in [5, 5.41) is 3.53. The van der Waals surface area contributed by atoms with Crippen molar-refractivity contribution in [2.24, 2.45) is 4.99 Å². The molecule has 28 heavy (non-hydrogen) atoms. The summed E-state index contributed by atoms with van der Waals surface area (Å²) in [7, 11) is 1.85. The van der Waals surface area contributed by atoms with Gasteiger partial charge in [0.2, 0.25) is 5.91 Å². The molecule has 1 N–H and O–H groups in total. The van der Waals surface area contributed by atoms with Crippen molar-refractivity contribution in [1.82, 2.24) is 20.0 Å². The molecule has 1 aromatic rings. The number of carbonyl (C=O) groups excluding carboxylic acids is 1. The summed E-state index contributed by atoms with van der Waals surface area (Å²) in [4.78, 5) is 23.8. The molecule has 2 aliphatic heterocycles. The van der Waals surface area contributed by atoms with E-state index >= 15 is 0 Å². The van der Waals surface area contributed by atoms with E-state index in [-0.39, 0.29) is 6.04 Å². The van der Waals surface area contributed by atoms with Crippen molar-refractivity contribution in [1.29, 1.82) is 0 Å². The molecule has 0 spiro atoms. The number of nitrogens with zero attached hydrogens (tertiary/aromatic N) is 4. The fraction of sp³-hybridized carbons (Fsp3) is 0.636. The molecule has 0 radical (unpaired) electrons. The Morgan fingerprint density at radius 2 is 1.64 bits per heavy atom. The van der Waals surface area contributed by atoms with E-state index in [1.165, 1.54) is 5.56 Å². The highest BCUT2D eigenvalue weighted by Crippen LogP contribution is 2.15. The molecule has 1 amide bonds. The number of nitrogens with one attached hydrogen (secondary N) is 1. The van der Waals surface area contributed by atoms with Crippen LogP contribution in [-0.4, -0.2) is 85.5 Å². The molecule has 6 heteroatoms. The zero-order valence-electron chi connectivity index (χ0n) is 17.6. The third-order valence-electron chi connectivity index (χ3n) is 6.08. The molecule has 2 aliphatic rings. The van der Waals surface area contributed by atoms with Crippen LogP contribution in [0.4, 0.5) is 0 Å². The lowest BCUT2D eigenvalue weighted by Crippen LogP contribution is -2.57. The number of amides is 1. The standard InChI is InChI=1S/C22H35N5O/c1-18(20-9-5-4-6-10-20)17-24-22(23-3)27-15-13-25(14-16-27)19(2)21(28)26-11-7-8-12-26/h4-6,9-10,18-19H,7-8,11-17H2,1-3H3,(H,23,24). The molecule has 2 heterocycles. The number of rotatable bonds is 5. The van der Waals surface area contributed by atoms with Crippen molar-refractivity contribution in [3.8, 4) is 0 Å². The van der Waals surface area contributed by atoms with Crippen LogP contribution in [0.15, 0.2) is 35.3 Å². The van der Waals surface area contributed by atoms with E-state index in [0.717, 1.165) is 64.6 Å². The second-order valence-corrected chi connectivity index (χ2v) is 7.97. The number of hydrogen-bond donors (Lipinski definition) is 1. The van der Waals surface area contributed by atoms with Crippen molar-refractivity contribution < 1.29 is 4.79 Å². The van der Waals surface area contributed by atoms with Crippen molar-refractivity contribution in [2.75, 3.05) is 52.9 Å². The van der Waals surface area contributed by atoms with E-state index < -0.39 is 0 Å². The van der Waals surface area contributed by atoms with Crippen molar-refractivity contribution in [2.45, 2.75) is 38.6 Å². The second kappa shape index (κ2) is 9.92. The SMILES string of the molecule is CN=C(NCC(C)c1ccccc1)N1CCN(C(C)C(=O)N2CCCC2)CC1. The molecule has 2 fully saturated rings. The van der Waals surface area contributed by atoms with Gasteiger partial charge in [0.05, 0.1) is 6.04 Å². The first-order chi connectivity index (χ1) is 13.6. The van der Waals surface area contributed by atoms with E-state index in [1.807, 2.05) is 11.9 Å². The molecular formula is C22H35N5O. The van der Waals surface area contributed by atoms with E-state index in [0.29, 0.717) is 11.8 Å². The predicted octanol–water partition coefficient (Wildman–Crippen LogP) is 1.99. The molecule has 3 rings (SSSR count). The Kier molecular flexibility index (Phi) is 7.31. The summed E-state index contributed by atoms with van der Waals surface area (Å²) in [6.07, 6.45) is 2.30. The van der Waals surface area contributed by atoms with Crippen LogP contribution in [0.2, 0.25) is 0 Å². The van der Waals surface area contributed by atoms with Crippen LogP contribution in [0.1, 0.15) is 38.2 Å². The Balaban J connectivity index is 1.46. The van der Waals surface area contributed by atoms with Gasteiger partial charge in [0, 0.05) is 52.9 Å². The fourth-order valence-corrected chi connectivity index (χ4v) is 4.16. The average molecular weight is 386 g/mol. The maximum Gasteiger partial charge on any atom is 0.239 e. The highest BCUT2D eigenvalue weighted by molar-refractivity contribution is 5.82. The van der Waals surface area contributed by atoms with Gasteiger partial charge in [-0.1, -0.05) is 37.3 Å². The maximum absolute atomic E-state index is 12.7. The van der Waals surface area contributed by atoms with Crippen LogP contribution >= 0.6 is 0 Å². The molecule has 0 aliphatic carbocycles. The van der Waals surface area contributed by atoms with E-state index in [9.17, 15) is 4.79 Å². The summed E-state index contributed by atoms with van der Waals surface area (Å²) in [6, 6.07) is 10.6. The van der Waals surface area contributed by atoms with Gasteiger partial charge >= 0.3 is 0 Å². The first-order valence-corrected chi connectivity index (χ1v) is 10.6. The van der Waals surface area contributed by atoms with Gasteiger partial charge in [-0.15, -0.1) is 0 Å². The second-order valence-electron chi connectivity index (χ2n) is 7.97. The minimum atomic E-state index is -0.0201. The zero-order valence-corrected chi connectivity index (χ0v) is 17.6. The number of likely N-dealkylation sites (tertiary alicyclic amines) is 1. The monoisotopic (exact) mass is 385 g/mol. The first kappa shape index (κ1) is 20.6. The molecule has 2 saturated heterocycles. The number of aliphatic imine (C=N–C) groups is 1. The number of piperazine rings is 1. The molecule has 1 aromatic carbocycles. The number of hydrogen-bond acceptors (Lipinski definition) is 3. The molecule has 0 saturated carbocycles. The third kappa shape index (κ3) is 5.04. The molecule has 6 nitrogen and oxygen atoms in total. The Morgan fingerprint density at radius 3 is 2.25 bits per heavy atom. The van der Waals surface area contributed by atoms with Crippen LogP contribution < -0.4 is 5.32 Å². The van der Waals surface area contributed by atoms with Gasteiger partial charge in [-0.2, -0.15) is 0 Å². The summed E-state index contributed by atoms with van der Waals surface area (Å²) in [6.45, 7) is 10.6. The van der Waals surface area contributed by atoms with Crippen LogP contribution in [0.3, 0.4) is 0 Å². The summed E-state index contributed by atoms with van der Waals surface area (Å²) >= 11 is 0. The zero-order chi connectivity index (χ0) is 19.9. The van der Waals surface area contributed by atoms with Crippen LogP contribution in [-0.2, 0) is 4.79 Å². The smallest absolute Gasteiger partial charge is 0.239 e. The minimum absolute atomic E-state index is 0.0201. The normalized spacial score (nSPS) is 20.9. The van der Waals surface area contributed by atoms with Crippen molar-refractivity contribution in [3.05, 3.63) is 35.9 Å². The average Bonchev–Trinajstić information content (AvgIpc) is 3.29. The lowest BCUT2D eigenvalue weighted by Gasteiger charge is -2.39. The molecule has 154 valence electrons. The number of guanidine groups is 1. The van der Waals surface area contributed by atoms with Gasteiger partial charge in [-0.25, -0.2) is 0 Å². The summed E-state index contributed by atoms with van der Waals surface area (Å²) < 4.78 is 0. The summed E-state index contributed by atoms with van der Waals surface area (Å²) in [5.74, 6) is 1.68. The van der Waals surface area contributed by atoms with Gasteiger partial charge in [-0.3, -0.25) is 14.7 Å². The maximum atomic E-state index is 12.7. The Morgan fingerprint density at radius 1 is 1.00 bits per heavy atom. The van der Waals surface area contributed by atoms with Gasteiger partial charge in [-0.05, 0) is 31.2 Å². The van der Waals surface area contributed by atoms with E-state index in [4.69, 9.17) is 0 Å². The minimum Gasteiger partial charge on any atom is -0.356 e. The quantitative estimate of drug-likeness (QED) is 0.622. The van der Waals surface area contributed by atoms with Gasteiger partial charge in [0.1, 0.15) is 0 Å². The fourth-order valence-electron chi connectivity index (χ4n) is 4.16. The Bertz CT molecular complexity index is 648. The molecular weight excluding hydrogens is 350 g/mol. The highest BCUT2D eigenvalue weighted by Gasteiger charge is 2.30. The predicted molar refractivity (Wildman–Crippen MR) is 115 cm³/mol. The molecule has 0 bridgehead atoms. The largest absolute Gasteiger partial charge is 0.356 e. The van der Waals surface area contributed by atoms with Crippen LogP contribution in [0.5, 0.6) is 0 Å². The lowest BCUT2D eigenvalue weighted by molar-refractivity contribution is -0.135. The first-order valence-electron chi connectivity index (χ1n) is 10.6. The number of benzene rings is 1. The lowest BCUT2D eigenvalue weighted by atomic mass is 10.0. The Labute approximate surface area is 169 Å². The van der Waals surface area contributed by atoms with E-state index in [1.54, 1.807) is 0 Å². The third-order valence-corrected chi connectivity index (χ3v) is 6.08. The van der Waals surface area contributed by atoms with Crippen LogP contribution in [0.25, 0.3) is 0 Å². The molecule has 0 aromatic heterocycles. The highest BCUT2D eigenvalue weighted by atomic mass is 16.2. The van der Waals surface area contributed by atoms with Crippen molar-refractivity contribution >= 4 is 11.9 Å².